The van der Waals surface area contributed by atoms with E-state index in [2.05, 4.69) is 74.2 Å². The van der Waals surface area contributed by atoms with Gasteiger partial charge in [0.25, 0.3) is 0 Å². The number of rotatable bonds is 4. The summed E-state index contributed by atoms with van der Waals surface area (Å²) in [5.74, 6) is 2.75. The van der Waals surface area contributed by atoms with Crippen LogP contribution in [0.5, 0.6) is 0 Å². The van der Waals surface area contributed by atoms with Crippen molar-refractivity contribution >= 4 is 27.6 Å². The molecule has 23 heavy (non-hydrogen) atoms. The van der Waals surface area contributed by atoms with Crippen LogP contribution in [0.3, 0.4) is 0 Å². The number of hydrogen-bond acceptors (Lipinski definition) is 4. The first-order valence-electron chi connectivity index (χ1n) is 8.19. The normalized spacial score (nSPS) is 15.2. The Labute approximate surface area is 146 Å². The molecule has 122 valence electrons. The summed E-state index contributed by atoms with van der Waals surface area (Å²) < 4.78 is 1.16. The van der Waals surface area contributed by atoms with Gasteiger partial charge in [-0.25, -0.2) is 9.97 Å². The van der Waals surface area contributed by atoms with Gasteiger partial charge in [-0.3, -0.25) is 0 Å². The number of aryl methyl sites for hydroxylation is 1. The fraction of sp³-hybridized carbons (Fsp3) is 0.444. The average molecular weight is 375 g/mol. The number of aromatic nitrogens is 2. The Hall–Kier alpha value is -1.62. The summed E-state index contributed by atoms with van der Waals surface area (Å²) in [6.07, 6.45) is 2.12. The fourth-order valence-electron chi connectivity index (χ4n) is 2.86. The van der Waals surface area contributed by atoms with Gasteiger partial charge in [0.1, 0.15) is 17.5 Å². The fourth-order valence-corrected chi connectivity index (χ4v) is 3.27. The van der Waals surface area contributed by atoms with E-state index >= 15 is 0 Å². The molecule has 1 aliphatic rings. The van der Waals surface area contributed by atoms with Crippen LogP contribution in [0.25, 0.3) is 0 Å². The minimum Gasteiger partial charge on any atom is -0.367 e. The summed E-state index contributed by atoms with van der Waals surface area (Å²) in [5.41, 5.74) is 2.81. The number of anilines is 2. The van der Waals surface area contributed by atoms with Gasteiger partial charge in [-0.05, 0) is 49.9 Å². The molecule has 0 unspecified atom stereocenters. The third-order valence-electron chi connectivity index (χ3n) is 4.34. The molecule has 5 heteroatoms. The second-order valence-corrected chi connectivity index (χ2v) is 7.11. The third kappa shape index (κ3) is 3.83. The standard InChI is InChI=1S/C18H23BrN4/c1-4-12(2)20-17-10-18(22-13(3)21-17)23-8-7-14-9-16(19)6-5-15(14)11-23/h5-6,9-10,12H,4,7-8,11H2,1-3H3,(H,20,21,22)/t12-/m1/s1. The van der Waals surface area contributed by atoms with E-state index in [1.807, 2.05) is 6.92 Å². The molecule has 1 atom stereocenters. The Kier molecular flexibility index (Phi) is 4.85. The lowest BCUT2D eigenvalue weighted by Gasteiger charge is -2.30. The van der Waals surface area contributed by atoms with Crippen LogP contribution in [-0.4, -0.2) is 22.6 Å². The molecular weight excluding hydrogens is 352 g/mol. The van der Waals surface area contributed by atoms with Gasteiger partial charge in [-0.1, -0.05) is 28.9 Å². The molecule has 1 aromatic carbocycles. The van der Waals surface area contributed by atoms with E-state index in [0.717, 1.165) is 47.9 Å². The molecule has 0 aliphatic carbocycles. The Morgan fingerprint density at radius 2 is 2.09 bits per heavy atom. The lowest BCUT2D eigenvalue weighted by molar-refractivity contribution is 0.714. The van der Waals surface area contributed by atoms with Crippen molar-refractivity contribution in [2.75, 3.05) is 16.8 Å². The molecule has 2 aromatic rings. The molecule has 0 amide bonds. The summed E-state index contributed by atoms with van der Waals surface area (Å²) in [5, 5.41) is 3.45. The molecule has 0 bridgehead atoms. The first-order valence-corrected chi connectivity index (χ1v) is 8.99. The Morgan fingerprint density at radius 1 is 1.26 bits per heavy atom. The number of hydrogen-bond donors (Lipinski definition) is 1. The van der Waals surface area contributed by atoms with Crippen LogP contribution in [0.15, 0.2) is 28.7 Å². The van der Waals surface area contributed by atoms with Gasteiger partial charge in [0, 0.05) is 29.7 Å². The van der Waals surface area contributed by atoms with Crippen LogP contribution in [0.2, 0.25) is 0 Å². The first-order chi connectivity index (χ1) is 11.0. The van der Waals surface area contributed by atoms with Gasteiger partial charge >= 0.3 is 0 Å². The van der Waals surface area contributed by atoms with E-state index in [0.29, 0.717) is 6.04 Å². The van der Waals surface area contributed by atoms with Crippen LogP contribution in [0.4, 0.5) is 11.6 Å². The van der Waals surface area contributed by atoms with Crippen LogP contribution in [0.1, 0.15) is 37.2 Å². The maximum absolute atomic E-state index is 4.65. The van der Waals surface area contributed by atoms with Gasteiger partial charge < -0.3 is 10.2 Å². The van der Waals surface area contributed by atoms with Gasteiger partial charge in [-0.15, -0.1) is 0 Å². The first kappa shape index (κ1) is 16.2. The number of nitrogens with zero attached hydrogens (tertiary/aromatic N) is 3. The van der Waals surface area contributed by atoms with Crippen molar-refractivity contribution in [2.24, 2.45) is 0 Å². The smallest absolute Gasteiger partial charge is 0.134 e. The highest BCUT2D eigenvalue weighted by Crippen LogP contribution is 2.26. The van der Waals surface area contributed by atoms with Crippen LogP contribution >= 0.6 is 15.9 Å². The average Bonchev–Trinajstić information content (AvgIpc) is 2.53. The van der Waals surface area contributed by atoms with Gasteiger partial charge in [0.05, 0.1) is 0 Å². The highest BCUT2D eigenvalue weighted by Gasteiger charge is 2.18. The number of halogens is 1. The molecule has 2 heterocycles. The summed E-state index contributed by atoms with van der Waals surface area (Å²) in [6.45, 7) is 8.20. The van der Waals surface area contributed by atoms with E-state index in [4.69, 9.17) is 0 Å². The third-order valence-corrected chi connectivity index (χ3v) is 4.83. The molecule has 0 saturated heterocycles. The predicted octanol–water partition coefficient (Wildman–Crippen LogP) is 4.32. The van der Waals surface area contributed by atoms with E-state index < -0.39 is 0 Å². The molecular formula is C18H23BrN4. The molecule has 0 radical (unpaired) electrons. The van der Waals surface area contributed by atoms with E-state index in [9.17, 15) is 0 Å². The Morgan fingerprint density at radius 3 is 2.87 bits per heavy atom. The molecule has 1 aliphatic heterocycles. The number of benzene rings is 1. The SMILES string of the molecule is CC[C@@H](C)Nc1cc(N2CCc3cc(Br)ccc3C2)nc(C)n1. The minimum absolute atomic E-state index is 0.414. The molecule has 1 aromatic heterocycles. The number of nitrogens with one attached hydrogen (secondary N) is 1. The summed E-state index contributed by atoms with van der Waals surface area (Å²) in [7, 11) is 0. The minimum atomic E-state index is 0.414. The highest BCUT2D eigenvalue weighted by atomic mass is 79.9. The largest absolute Gasteiger partial charge is 0.367 e. The van der Waals surface area contributed by atoms with Crippen LogP contribution in [-0.2, 0) is 13.0 Å². The van der Waals surface area contributed by atoms with Crippen molar-refractivity contribution in [3.05, 3.63) is 45.7 Å². The van der Waals surface area contributed by atoms with Crippen molar-refractivity contribution in [2.45, 2.75) is 46.2 Å². The van der Waals surface area contributed by atoms with Crippen LogP contribution < -0.4 is 10.2 Å². The van der Waals surface area contributed by atoms with Crippen LogP contribution in [0, 0.1) is 6.92 Å². The Balaban J connectivity index is 1.83. The highest BCUT2D eigenvalue weighted by molar-refractivity contribution is 9.10. The van der Waals surface area contributed by atoms with E-state index in [1.54, 1.807) is 0 Å². The quantitative estimate of drug-likeness (QED) is 0.864. The van der Waals surface area contributed by atoms with Crippen molar-refractivity contribution in [3.8, 4) is 0 Å². The zero-order chi connectivity index (χ0) is 16.4. The lowest BCUT2D eigenvalue weighted by Crippen LogP contribution is -2.31. The monoisotopic (exact) mass is 374 g/mol. The van der Waals surface area contributed by atoms with E-state index in [-0.39, 0.29) is 0 Å². The zero-order valence-corrected chi connectivity index (χ0v) is 15.5. The number of fused-ring (bicyclic) bond motifs is 1. The van der Waals surface area contributed by atoms with Crippen molar-refractivity contribution in [1.82, 2.24) is 9.97 Å². The second-order valence-electron chi connectivity index (χ2n) is 6.20. The van der Waals surface area contributed by atoms with Gasteiger partial charge in [0.15, 0.2) is 0 Å². The molecule has 3 rings (SSSR count). The maximum atomic E-state index is 4.65. The summed E-state index contributed by atoms with van der Waals surface area (Å²) in [6, 6.07) is 9.04. The van der Waals surface area contributed by atoms with E-state index in [1.165, 1.54) is 11.1 Å². The lowest BCUT2D eigenvalue weighted by atomic mass is 10.00. The van der Waals surface area contributed by atoms with Gasteiger partial charge in [0.2, 0.25) is 0 Å². The Bertz CT molecular complexity index is 701. The summed E-state index contributed by atoms with van der Waals surface area (Å²) in [4.78, 5) is 11.5. The molecule has 0 spiro atoms. The summed E-state index contributed by atoms with van der Waals surface area (Å²) >= 11 is 3.56. The van der Waals surface area contributed by atoms with Crippen molar-refractivity contribution in [3.63, 3.8) is 0 Å². The zero-order valence-electron chi connectivity index (χ0n) is 13.9. The van der Waals surface area contributed by atoms with Crippen molar-refractivity contribution in [1.29, 1.82) is 0 Å². The molecule has 1 N–H and O–H groups in total. The maximum Gasteiger partial charge on any atom is 0.134 e. The topological polar surface area (TPSA) is 41.0 Å². The van der Waals surface area contributed by atoms with Crippen molar-refractivity contribution < 1.29 is 0 Å². The second kappa shape index (κ2) is 6.87. The van der Waals surface area contributed by atoms with Gasteiger partial charge in [-0.2, -0.15) is 0 Å². The predicted molar refractivity (Wildman–Crippen MR) is 99.0 cm³/mol. The molecule has 0 saturated carbocycles. The molecule has 0 fully saturated rings. The molecule has 4 nitrogen and oxygen atoms in total.